The molecule has 1 aromatic heterocycles. The molecule has 0 saturated heterocycles. The van der Waals surface area contributed by atoms with Crippen molar-refractivity contribution in [3.63, 3.8) is 0 Å². The van der Waals surface area contributed by atoms with E-state index in [2.05, 4.69) is 20.6 Å². The molecular weight excluding hydrogens is 244 g/mol. The normalized spacial score (nSPS) is 17.7. The highest BCUT2D eigenvalue weighted by molar-refractivity contribution is 5.79. The Morgan fingerprint density at radius 2 is 2.11 bits per heavy atom. The zero-order valence-corrected chi connectivity index (χ0v) is 11.4. The summed E-state index contributed by atoms with van der Waals surface area (Å²) in [5.41, 5.74) is 2.19. The van der Waals surface area contributed by atoms with E-state index in [0.29, 0.717) is 13.1 Å². The molecule has 0 spiro atoms. The Morgan fingerprint density at radius 1 is 1.37 bits per heavy atom. The number of aromatic amines is 1. The molecule has 19 heavy (non-hydrogen) atoms. The number of carbonyl (C=O) groups is 2. The first-order valence-corrected chi connectivity index (χ1v) is 6.62. The van der Waals surface area contributed by atoms with Crippen LogP contribution in [-0.4, -0.2) is 34.9 Å². The van der Waals surface area contributed by atoms with Gasteiger partial charge in [0.25, 0.3) is 0 Å². The number of hydrogen-bond donors (Lipinski definition) is 3. The van der Waals surface area contributed by atoms with Gasteiger partial charge in [0.05, 0.1) is 5.69 Å². The first-order valence-electron chi connectivity index (χ1n) is 6.62. The number of nitrogens with one attached hydrogen (secondary N) is 3. The molecule has 1 aliphatic carbocycles. The van der Waals surface area contributed by atoms with Crippen molar-refractivity contribution >= 4 is 11.8 Å². The van der Waals surface area contributed by atoms with E-state index in [1.807, 2.05) is 6.92 Å². The van der Waals surface area contributed by atoms with E-state index in [9.17, 15) is 9.59 Å². The SMILES string of the molecule is CC(=O)NCCNC(=O)C1CCc2nc(C)[nH]c2C1. The zero-order valence-electron chi connectivity index (χ0n) is 11.4. The molecule has 0 saturated carbocycles. The zero-order chi connectivity index (χ0) is 13.8. The van der Waals surface area contributed by atoms with Crippen LogP contribution in [0.4, 0.5) is 0 Å². The standard InChI is InChI=1S/C13H20N4O2/c1-8-16-11-4-3-10(7-12(11)17-8)13(19)15-6-5-14-9(2)18/h10H,3-7H2,1-2H3,(H,14,18)(H,15,19)(H,16,17). The molecule has 0 fully saturated rings. The minimum Gasteiger partial charge on any atom is -0.355 e. The first kappa shape index (κ1) is 13.6. The van der Waals surface area contributed by atoms with Crippen LogP contribution in [0.1, 0.15) is 30.6 Å². The summed E-state index contributed by atoms with van der Waals surface area (Å²) in [6.45, 7) is 4.35. The molecule has 1 unspecified atom stereocenters. The molecule has 1 aromatic rings. The molecule has 104 valence electrons. The number of amides is 2. The second kappa shape index (κ2) is 5.86. The minimum atomic E-state index is -0.0792. The Balaban J connectivity index is 1.80. The molecule has 0 aromatic carbocycles. The maximum absolute atomic E-state index is 12.0. The summed E-state index contributed by atoms with van der Waals surface area (Å²) in [5.74, 6) is 0.897. The highest BCUT2D eigenvalue weighted by Crippen LogP contribution is 2.23. The summed E-state index contributed by atoms with van der Waals surface area (Å²) in [6, 6.07) is 0. The van der Waals surface area contributed by atoms with Crippen LogP contribution >= 0.6 is 0 Å². The van der Waals surface area contributed by atoms with E-state index in [1.54, 1.807) is 0 Å². The third-order valence-corrected chi connectivity index (χ3v) is 3.33. The Kier molecular flexibility index (Phi) is 4.19. The van der Waals surface area contributed by atoms with Gasteiger partial charge in [-0.05, 0) is 19.8 Å². The highest BCUT2D eigenvalue weighted by Gasteiger charge is 2.26. The molecule has 1 aliphatic rings. The lowest BCUT2D eigenvalue weighted by Crippen LogP contribution is -2.38. The van der Waals surface area contributed by atoms with Crippen molar-refractivity contribution in [2.45, 2.75) is 33.1 Å². The van der Waals surface area contributed by atoms with Crippen molar-refractivity contribution in [3.05, 3.63) is 17.2 Å². The largest absolute Gasteiger partial charge is 0.355 e. The van der Waals surface area contributed by atoms with Gasteiger partial charge < -0.3 is 15.6 Å². The minimum absolute atomic E-state index is 0.00433. The number of aromatic nitrogens is 2. The predicted molar refractivity (Wildman–Crippen MR) is 70.5 cm³/mol. The third kappa shape index (κ3) is 3.56. The van der Waals surface area contributed by atoms with Crippen LogP contribution in [0.15, 0.2) is 0 Å². The Morgan fingerprint density at radius 3 is 2.84 bits per heavy atom. The molecule has 0 radical (unpaired) electrons. The Bertz CT molecular complexity index is 481. The van der Waals surface area contributed by atoms with Gasteiger partial charge in [0.15, 0.2) is 0 Å². The summed E-state index contributed by atoms with van der Waals surface area (Å²) in [5, 5.41) is 5.51. The van der Waals surface area contributed by atoms with Crippen LogP contribution in [0.2, 0.25) is 0 Å². The van der Waals surface area contributed by atoms with Crippen molar-refractivity contribution in [3.8, 4) is 0 Å². The van der Waals surface area contributed by atoms with Crippen LogP contribution in [-0.2, 0) is 22.4 Å². The van der Waals surface area contributed by atoms with Crippen LogP contribution in [0.3, 0.4) is 0 Å². The van der Waals surface area contributed by atoms with E-state index in [0.717, 1.165) is 36.5 Å². The number of imidazole rings is 1. The molecule has 1 atom stereocenters. The molecule has 2 amide bonds. The molecule has 0 aliphatic heterocycles. The van der Waals surface area contributed by atoms with E-state index in [4.69, 9.17) is 0 Å². The average Bonchev–Trinajstić information content (AvgIpc) is 2.73. The number of aryl methyl sites for hydroxylation is 2. The summed E-state index contributed by atoms with van der Waals surface area (Å²) >= 11 is 0. The molecule has 3 N–H and O–H groups in total. The Hall–Kier alpha value is -1.85. The van der Waals surface area contributed by atoms with Gasteiger partial charge >= 0.3 is 0 Å². The van der Waals surface area contributed by atoms with Crippen LogP contribution < -0.4 is 10.6 Å². The van der Waals surface area contributed by atoms with Crippen LogP contribution in [0.5, 0.6) is 0 Å². The summed E-state index contributed by atoms with van der Waals surface area (Å²) < 4.78 is 0. The van der Waals surface area contributed by atoms with Gasteiger partial charge in [-0.2, -0.15) is 0 Å². The second-order valence-electron chi connectivity index (χ2n) is 4.96. The predicted octanol–water partition coefficient (Wildman–Crippen LogP) is 0.0753. The average molecular weight is 264 g/mol. The monoisotopic (exact) mass is 264 g/mol. The van der Waals surface area contributed by atoms with Crippen molar-refractivity contribution in [1.82, 2.24) is 20.6 Å². The fraction of sp³-hybridized carbons (Fsp3) is 0.615. The molecule has 0 bridgehead atoms. The molecule has 6 heteroatoms. The molecule has 2 rings (SSSR count). The lowest BCUT2D eigenvalue weighted by molar-refractivity contribution is -0.125. The first-order chi connectivity index (χ1) is 9.06. The van der Waals surface area contributed by atoms with Gasteiger partial charge in [-0.25, -0.2) is 4.98 Å². The van der Waals surface area contributed by atoms with Crippen molar-refractivity contribution < 1.29 is 9.59 Å². The number of H-pyrrole nitrogens is 1. The lowest BCUT2D eigenvalue weighted by Gasteiger charge is -2.20. The molecule has 6 nitrogen and oxygen atoms in total. The quantitative estimate of drug-likeness (QED) is 0.673. The highest BCUT2D eigenvalue weighted by atomic mass is 16.2. The van der Waals surface area contributed by atoms with E-state index >= 15 is 0 Å². The smallest absolute Gasteiger partial charge is 0.223 e. The maximum Gasteiger partial charge on any atom is 0.223 e. The van der Waals surface area contributed by atoms with E-state index < -0.39 is 0 Å². The topological polar surface area (TPSA) is 86.9 Å². The molecular formula is C13H20N4O2. The van der Waals surface area contributed by atoms with Gasteiger partial charge in [0.1, 0.15) is 5.82 Å². The fourth-order valence-electron chi connectivity index (χ4n) is 2.42. The Labute approximate surface area is 112 Å². The van der Waals surface area contributed by atoms with Crippen LogP contribution in [0, 0.1) is 12.8 Å². The number of rotatable bonds is 4. The lowest BCUT2D eigenvalue weighted by atomic mass is 9.89. The number of hydrogen-bond acceptors (Lipinski definition) is 3. The number of nitrogens with zero attached hydrogens (tertiary/aromatic N) is 1. The number of fused-ring (bicyclic) bond motifs is 1. The van der Waals surface area contributed by atoms with Crippen LogP contribution in [0.25, 0.3) is 0 Å². The van der Waals surface area contributed by atoms with Crippen molar-refractivity contribution in [2.75, 3.05) is 13.1 Å². The van der Waals surface area contributed by atoms with E-state index in [1.165, 1.54) is 6.92 Å². The van der Waals surface area contributed by atoms with Gasteiger partial charge in [0, 0.05) is 38.0 Å². The van der Waals surface area contributed by atoms with Crippen molar-refractivity contribution in [2.24, 2.45) is 5.92 Å². The van der Waals surface area contributed by atoms with Crippen molar-refractivity contribution in [1.29, 1.82) is 0 Å². The van der Waals surface area contributed by atoms with Gasteiger partial charge in [0.2, 0.25) is 11.8 Å². The maximum atomic E-state index is 12.0. The van der Waals surface area contributed by atoms with E-state index in [-0.39, 0.29) is 17.7 Å². The summed E-state index contributed by atoms with van der Waals surface area (Å²) in [6.07, 6.45) is 2.41. The van der Waals surface area contributed by atoms with Gasteiger partial charge in [-0.3, -0.25) is 9.59 Å². The van der Waals surface area contributed by atoms with Gasteiger partial charge in [-0.15, -0.1) is 0 Å². The summed E-state index contributed by atoms with van der Waals surface area (Å²) in [4.78, 5) is 30.3. The van der Waals surface area contributed by atoms with Gasteiger partial charge in [-0.1, -0.05) is 0 Å². The second-order valence-corrected chi connectivity index (χ2v) is 4.96. The summed E-state index contributed by atoms with van der Waals surface area (Å²) in [7, 11) is 0. The molecule has 1 heterocycles. The number of carbonyl (C=O) groups excluding carboxylic acids is 2. The fourth-order valence-corrected chi connectivity index (χ4v) is 2.42. The third-order valence-electron chi connectivity index (χ3n) is 3.33.